The Kier molecular flexibility index (Phi) is 10.3. The highest BCUT2D eigenvalue weighted by Crippen LogP contribution is 2.35. The molecule has 0 aliphatic heterocycles. The summed E-state index contributed by atoms with van der Waals surface area (Å²) < 4.78 is 27.3. The lowest BCUT2D eigenvalue weighted by Gasteiger charge is -2.27. The number of esters is 2. The Morgan fingerprint density at radius 3 is 1.88 bits per heavy atom. The maximum atomic E-state index is 13.2. The van der Waals surface area contributed by atoms with Crippen molar-refractivity contribution in [3.8, 4) is 23.0 Å². The molecule has 0 aliphatic rings. The van der Waals surface area contributed by atoms with E-state index in [-0.39, 0.29) is 23.1 Å². The van der Waals surface area contributed by atoms with Crippen molar-refractivity contribution in [2.24, 2.45) is 0 Å². The molecule has 10 heteroatoms. The Morgan fingerprint density at radius 2 is 1.39 bits per heavy atom. The largest absolute Gasteiger partial charge is 0.497 e. The van der Waals surface area contributed by atoms with Crippen LogP contribution in [0.2, 0.25) is 0 Å². The molecule has 0 unspecified atom stereocenters. The van der Waals surface area contributed by atoms with E-state index in [1.165, 1.54) is 33.2 Å². The van der Waals surface area contributed by atoms with Crippen LogP contribution in [0.25, 0.3) is 0 Å². The van der Waals surface area contributed by atoms with Crippen LogP contribution in [0.4, 0.5) is 0 Å². The molecule has 0 saturated carbocycles. The van der Waals surface area contributed by atoms with Crippen LogP contribution in [0.3, 0.4) is 0 Å². The van der Waals surface area contributed by atoms with Crippen LogP contribution in [-0.2, 0) is 14.3 Å². The highest BCUT2D eigenvalue weighted by Gasteiger charge is 2.30. The third kappa shape index (κ3) is 7.75. The maximum absolute atomic E-state index is 13.2. The maximum Gasteiger partial charge on any atom is 0.328 e. The van der Waals surface area contributed by atoms with Gasteiger partial charge in [0.25, 0.3) is 5.91 Å². The number of benzene rings is 2. The fourth-order valence-corrected chi connectivity index (χ4v) is 4.56. The second-order valence-corrected chi connectivity index (χ2v) is 9.67. The van der Waals surface area contributed by atoms with E-state index in [0.29, 0.717) is 11.5 Å². The van der Waals surface area contributed by atoms with Gasteiger partial charge in [0, 0.05) is 25.1 Å². The van der Waals surface area contributed by atoms with E-state index in [0.717, 1.165) is 22.3 Å². The summed E-state index contributed by atoms with van der Waals surface area (Å²) in [5.41, 5.74) is 3.54. The monoisotopic (exact) mass is 564 g/mol. The number of rotatable bonds is 11. The van der Waals surface area contributed by atoms with Crippen molar-refractivity contribution >= 4 is 17.8 Å². The molecule has 1 heterocycles. The number of aromatic nitrogens is 1. The van der Waals surface area contributed by atoms with Gasteiger partial charge in [0.2, 0.25) is 5.75 Å². The molecule has 0 spiro atoms. The molecule has 0 bridgehead atoms. The van der Waals surface area contributed by atoms with Crippen molar-refractivity contribution < 1.29 is 38.1 Å². The van der Waals surface area contributed by atoms with Gasteiger partial charge in [-0.1, -0.05) is 12.1 Å². The van der Waals surface area contributed by atoms with Gasteiger partial charge in [0.1, 0.15) is 23.6 Å². The van der Waals surface area contributed by atoms with Crippen molar-refractivity contribution in [3.63, 3.8) is 0 Å². The van der Waals surface area contributed by atoms with Crippen LogP contribution < -0.4 is 24.3 Å². The minimum atomic E-state index is -1.05. The molecule has 10 nitrogen and oxygen atoms in total. The van der Waals surface area contributed by atoms with E-state index >= 15 is 0 Å². The number of hydrogen-bond donors (Lipinski definition) is 1. The summed E-state index contributed by atoms with van der Waals surface area (Å²) in [5, 5.41) is 2.58. The predicted molar refractivity (Wildman–Crippen MR) is 152 cm³/mol. The first-order valence-corrected chi connectivity index (χ1v) is 13.0. The minimum absolute atomic E-state index is 0.143. The summed E-state index contributed by atoms with van der Waals surface area (Å²) >= 11 is 0. The molecule has 1 aromatic heterocycles. The first kappa shape index (κ1) is 30.9. The lowest BCUT2D eigenvalue weighted by atomic mass is 9.85. The number of amides is 1. The topological polar surface area (TPSA) is 122 Å². The summed E-state index contributed by atoms with van der Waals surface area (Å²) in [4.78, 5) is 41.9. The second kappa shape index (κ2) is 13.6. The Hall–Kier alpha value is -4.60. The minimum Gasteiger partial charge on any atom is -0.497 e. The molecule has 2 atom stereocenters. The SMILES string of the molecule is COc1cc(C)cc(C(c2cc(C)cc(OC)c2)[C@H](C)OC(=O)[C@H](C)NC(=O)c2nccc(OC)c2OC(C)=O)c1. The molecule has 3 rings (SSSR count). The Morgan fingerprint density at radius 1 is 0.829 bits per heavy atom. The van der Waals surface area contributed by atoms with Gasteiger partial charge in [0.05, 0.1) is 21.3 Å². The number of hydrogen-bond acceptors (Lipinski definition) is 9. The van der Waals surface area contributed by atoms with Crippen molar-refractivity contribution in [1.82, 2.24) is 10.3 Å². The standard InChI is InChI=1S/C31H36N2O8/c1-17-11-22(15-24(13-17)37-6)27(23-12-18(2)14-25(16-23)38-7)20(4)40-31(36)19(3)33-30(35)28-29(41-21(5)34)26(39-8)9-10-32-28/h9-16,19-20,27H,1-8H3,(H,33,35)/t19-,20-/m0/s1. The normalized spacial score (nSPS) is 12.2. The Balaban J connectivity index is 1.89. The van der Waals surface area contributed by atoms with E-state index in [2.05, 4.69) is 10.3 Å². The van der Waals surface area contributed by atoms with Crippen LogP contribution in [0.5, 0.6) is 23.0 Å². The van der Waals surface area contributed by atoms with Crippen LogP contribution in [0.15, 0.2) is 48.7 Å². The first-order valence-electron chi connectivity index (χ1n) is 13.0. The van der Waals surface area contributed by atoms with Gasteiger partial charge in [-0.25, -0.2) is 9.78 Å². The third-order valence-corrected chi connectivity index (χ3v) is 6.36. The number of pyridine rings is 1. The zero-order valence-electron chi connectivity index (χ0n) is 24.6. The molecule has 41 heavy (non-hydrogen) atoms. The second-order valence-electron chi connectivity index (χ2n) is 9.67. The van der Waals surface area contributed by atoms with E-state index in [1.54, 1.807) is 21.1 Å². The predicted octanol–water partition coefficient (Wildman–Crippen LogP) is 4.53. The summed E-state index contributed by atoms with van der Waals surface area (Å²) in [5.74, 6) is -1.06. The molecule has 3 aromatic rings. The van der Waals surface area contributed by atoms with Crippen molar-refractivity contribution in [2.45, 2.75) is 52.7 Å². The van der Waals surface area contributed by atoms with Crippen molar-refractivity contribution in [1.29, 1.82) is 0 Å². The highest BCUT2D eigenvalue weighted by molar-refractivity contribution is 5.98. The summed E-state index contributed by atoms with van der Waals surface area (Å²) in [6, 6.07) is 12.1. The van der Waals surface area contributed by atoms with Gasteiger partial charge in [-0.15, -0.1) is 0 Å². The first-order chi connectivity index (χ1) is 19.5. The summed E-state index contributed by atoms with van der Waals surface area (Å²) in [7, 11) is 4.57. The molecule has 1 amide bonds. The summed E-state index contributed by atoms with van der Waals surface area (Å²) in [6.07, 6.45) is 0.689. The van der Waals surface area contributed by atoms with Gasteiger partial charge in [0.15, 0.2) is 11.4 Å². The zero-order chi connectivity index (χ0) is 30.3. The number of carbonyl (C=O) groups excluding carboxylic acids is 3. The van der Waals surface area contributed by atoms with Gasteiger partial charge in [-0.3, -0.25) is 9.59 Å². The smallest absolute Gasteiger partial charge is 0.328 e. The Bertz CT molecular complexity index is 1370. The molecule has 1 N–H and O–H groups in total. The quantitative estimate of drug-likeness (QED) is 0.335. The van der Waals surface area contributed by atoms with Gasteiger partial charge in [-0.05, 0) is 74.2 Å². The van der Waals surface area contributed by atoms with Gasteiger partial charge < -0.3 is 29.0 Å². The number of nitrogens with one attached hydrogen (secondary N) is 1. The molecule has 0 aliphatic carbocycles. The third-order valence-electron chi connectivity index (χ3n) is 6.36. The van der Waals surface area contributed by atoms with Crippen molar-refractivity contribution in [2.75, 3.05) is 21.3 Å². The average molecular weight is 565 g/mol. The van der Waals surface area contributed by atoms with Crippen LogP contribution in [0.1, 0.15) is 59.4 Å². The van der Waals surface area contributed by atoms with Crippen LogP contribution in [0, 0.1) is 13.8 Å². The average Bonchev–Trinajstić information content (AvgIpc) is 2.92. The number of aryl methyl sites for hydroxylation is 2. The molecule has 2 aromatic carbocycles. The molecule has 218 valence electrons. The van der Waals surface area contributed by atoms with E-state index in [4.69, 9.17) is 23.7 Å². The lowest BCUT2D eigenvalue weighted by molar-refractivity contribution is -0.150. The number of methoxy groups -OCH3 is 3. The molecule has 0 fully saturated rings. The molecular formula is C31H36N2O8. The van der Waals surface area contributed by atoms with Gasteiger partial charge in [-0.2, -0.15) is 0 Å². The molecule has 0 radical (unpaired) electrons. The van der Waals surface area contributed by atoms with Gasteiger partial charge >= 0.3 is 11.9 Å². The van der Waals surface area contributed by atoms with E-state index in [1.807, 2.05) is 50.2 Å². The van der Waals surface area contributed by atoms with E-state index < -0.39 is 30.0 Å². The fourth-order valence-electron chi connectivity index (χ4n) is 4.56. The van der Waals surface area contributed by atoms with Crippen LogP contribution in [-0.4, -0.2) is 56.3 Å². The zero-order valence-corrected chi connectivity index (χ0v) is 24.6. The lowest BCUT2D eigenvalue weighted by Crippen LogP contribution is -2.41. The molecular weight excluding hydrogens is 528 g/mol. The van der Waals surface area contributed by atoms with Crippen molar-refractivity contribution in [3.05, 3.63) is 76.6 Å². The number of nitrogens with zero attached hydrogens (tertiary/aromatic N) is 1. The Labute approximate surface area is 239 Å². The van der Waals surface area contributed by atoms with E-state index in [9.17, 15) is 14.4 Å². The fraction of sp³-hybridized carbons (Fsp3) is 0.355. The van der Waals surface area contributed by atoms with Crippen LogP contribution >= 0.6 is 0 Å². The number of carbonyl (C=O) groups is 3. The molecule has 0 saturated heterocycles. The number of ether oxygens (including phenoxy) is 5. The summed E-state index contributed by atoms with van der Waals surface area (Å²) in [6.45, 7) is 8.41. The highest BCUT2D eigenvalue weighted by atomic mass is 16.6.